The predicted octanol–water partition coefficient (Wildman–Crippen LogP) is 20.4. The lowest BCUT2D eigenvalue weighted by Crippen LogP contribution is -2.61. The van der Waals surface area contributed by atoms with Gasteiger partial charge in [-0.3, -0.25) is 14.4 Å². The van der Waals surface area contributed by atoms with Crippen molar-refractivity contribution in [1.29, 1.82) is 0 Å². The Hall–Kier alpha value is -2.54. The van der Waals surface area contributed by atoms with Crippen LogP contribution in [0, 0.1) is 0 Å². The van der Waals surface area contributed by atoms with Gasteiger partial charge in [-0.25, -0.2) is 4.79 Å². The summed E-state index contributed by atoms with van der Waals surface area (Å²) in [5, 5.41) is 31.7. The molecule has 1 heterocycles. The SMILES string of the molecule is CCCCCCCC/C=C\CCCCCCCCCC(=O)OC(COC(=O)CCCCCCCCCCCCCCCCCCCCC)COC1OC(C(=O)O)C(O)C(O)C1OC(=O)CCCCCCCCCCCCCCCCCCCCC. The highest BCUT2D eigenvalue weighted by Gasteiger charge is 2.50. The maximum Gasteiger partial charge on any atom is 0.335 e. The molecule has 85 heavy (non-hydrogen) atoms. The van der Waals surface area contributed by atoms with Gasteiger partial charge in [0.15, 0.2) is 24.6 Å². The molecule has 12 nitrogen and oxygen atoms in total. The predicted molar refractivity (Wildman–Crippen MR) is 350 cm³/mol. The quantitative estimate of drug-likeness (QED) is 0.0228. The molecule has 3 N–H and O–H groups in total. The zero-order valence-corrected chi connectivity index (χ0v) is 55.6. The minimum Gasteiger partial charge on any atom is -0.479 e. The average molecular weight is 1210 g/mol. The molecule has 0 aromatic rings. The van der Waals surface area contributed by atoms with Gasteiger partial charge in [-0.15, -0.1) is 0 Å². The van der Waals surface area contributed by atoms with Crippen LogP contribution in [0.2, 0.25) is 0 Å². The van der Waals surface area contributed by atoms with Crippen LogP contribution in [0.4, 0.5) is 0 Å². The number of unbranched alkanes of at least 4 members (excludes halogenated alkanes) is 49. The lowest BCUT2D eigenvalue weighted by molar-refractivity contribution is -0.301. The molecule has 500 valence electrons. The van der Waals surface area contributed by atoms with Crippen LogP contribution in [0.3, 0.4) is 0 Å². The minimum absolute atomic E-state index is 0.0694. The fraction of sp³-hybridized carbons (Fsp3) is 0.918. The number of carbonyl (C=O) groups excluding carboxylic acids is 3. The van der Waals surface area contributed by atoms with E-state index < -0.39 is 67.3 Å². The number of carboxylic acid groups (broad SMARTS) is 1. The maximum atomic E-state index is 13.2. The highest BCUT2D eigenvalue weighted by Crippen LogP contribution is 2.27. The van der Waals surface area contributed by atoms with Gasteiger partial charge in [0, 0.05) is 19.3 Å². The van der Waals surface area contributed by atoms with E-state index in [1.807, 2.05) is 0 Å². The molecule has 1 aliphatic rings. The zero-order valence-electron chi connectivity index (χ0n) is 55.6. The Morgan fingerprint density at radius 3 is 1.00 bits per heavy atom. The number of ether oxygens (including phenoxy) is 5. The Labute approximate surface area is 522 Å². The number of carboxylic acids is 1. The van der Waals surface area contributed by atoms with Crippen molar-refractivity contribution in [2.45, 2.75) is 417 Å². The van der Waals surface area contributed by atoms with Crippen LogP contribution in [-0.4, -0.2) is 89.2 Å². The highest BCUT2D eigenvalue weighted by atomic mass is 16.7. The third-order valence-corrected chi connectivity index (χ3v) is 17.3. The van der Waals surface area contributed by atoms with Crippen molar-refractivity contribution in [2.75, 3.05) is 13.2 Å². The summed E-state index contributed by atoms with van der Waals surface area (Å²) in [4.78, 5) is 51.5. The van der Waals surface area contributed by atoms with Gasteiger partial charge in [0.1, 0.15) is 18.8 Å². The highest BCUT2D eigenvalue weighted by molar-refractivity contribution is 5.74. The van der Waals surface area contributed by atoms with Crippen molar-refractivity contribution in [1.82, 2.24) is 0 Å². The number of esters is 3. The zero-order chi connectivity index (χ0) is 61.7. The first-order valence-corrected chi connectivity index (χ1v) is 36.7. The van der Waals surface area contributed by atoms with E-state index in [9.17, 15) is 34.5 Å². The van der Waals surface area contributed by atoms with Crippen LogP contribution >= 0.6 is 0 Å². The molecule has 1 aliphatic heterocycles. The number of rotatable bonds is 65. The van der Waals surface area contributed by atoms with Crippen LogP contribution in [0.1, 0.15) is 380 Å². The van der Waals surface area contributed by atoms with Crippen LogP contribution in [-0.2, 0) is 42.9 Å². The van der Waals surface area contributed by atoms with E-state index in [0.29, 0.717) is 19.3 Å². The van der Waals surface area contributed by atoms with Crippen LogP contribution in [0.15, 0.2) is 12.2 Å². The molecule has 0 amide bonds. The number of allylic oxidation sites excluding steroid dienone is 2. The first-order chi connectivity index (χ1) is 41.6. The molecular weight excluding hydrogens is 1070 g/mol. The molecule has 6 atom stereocenters. The third-order valence-electron chi connectivity index (χ3n) is 17.3. The fourth-order valence-electron chi connectivity index (χ4n) is 11.7. The second-order valence-electron chi connectivity index (χ2n) is 25.6. The van der Waals surface area contributed by atoms with Gasteiger partial charge in [0.25, 0.3) is 0 Å². The summed E-state index contributed by atoms with van der Waals surface area (Å²) in [7, 11) is 0. The van der Waals surface area contributed by atoms with Gasteiger partial charge in [0.05, 0.1) is 6.61 Å². The first kappa shape index (κ1) is 80.5. The Kier molecular flexibility index (Phi) is 58.4. The summed E-state index contributed by atoms with van der Waals surface area (Å²) in [6, 6.07) is 0. The number of aliphatic hydroxyl groups is 2. The number of aliphatic carboxylic acids is 1. The van der Waals surface area contributed by atoms with Crippen LogP contribution < -0.4 is 0 Å². The van der Waals surface area contributed by atoms with E-state index in [1.165, 1.54) is 250 Å². The number of carbonyl (C=O) groups is 4. The van der Waals surface area contributed by atoms with Gasteiger partial charge in [-0.2, -0.15) is 0 Å². The Morgan fingerprint density at radius 1 is 0.376 bits per heavy atom. The molecule has 0 spiro atoms. The molecule has 1 fully saturated rings. The summed E-state index contributed by atoms with van der Waals surface area (Å²) in [6.45, 7) is 6.09. The monoisotopic (exact) mass is 1210 g/mol. The smallest absolute Gasteiger partial charge is 0.335 e. The van der Waals surface area contributed by atoms with E-state index in [4.69, 9.17) is 23.7 Å². The molecule has 6 unspecified atom stereocenters. The van der Waals surface area contributed by atoms with Gasteiger partial charge in [-0.1, -0.05) is 328 Å². The van der Waals surface area contributed by atoms with Crippen molar-refractivity contribution in [3.63, 3.8) is 0 Å². The lowest BCUT2D eigenvalue weighted by Gasteiger charge is -2.40. The molecule has 0 saturated carbocycles. The molecular formula is C73H136O12. The molecule has 0 aromatic heterocycles. The van der Waals surface area contributed by atoms with Crippen LogP contribution in [0.5, 0.6) is 0 Å². The van der Waals surface area contributed by atoms with Crippen molar-refractivity contribution >= 4 is 23.9 Å². The summed E-state index contributed by atoms with van der Waals surface area (Å²) >= 11 is 0. The molecule has 1 saturated heterocycles. The van der Waals surface area contributed by atoms with Crippen molar-refractivity contribution in [2.24, 2.45) is 0 Å². The number of hydrogen-bond donors (Lipinski definition) is 3. The van der Waals surface area contributed by atoms with Crippen molar-refractivity contribution < 1.29 is 58.2 Å². The van der Waals surface area contributed by atoms with Gasteiger partial charge in [0.2, 0.25) is 0 Å². The molecule has 0 aromatic carbocycles. The summed E-state index contributed by atoms with van der Waals surface area (Å²) in [5.41, 5.74) is 0. The van der Waals surface area contributed by atoms with Gasteiger partial charge < -0.3 is 39.0 Å². The Bertz CT molecular complexity index is 1520. The van der Waals surface area contributed by atoms with Crippen molar-refractivity contribution in [3.05, 3.63) is 12.2 Å². The fourth-order valence-corrected chi connectivity index (χ4v) is 11.7. The molecule has 0 bridgehead atoms. The average Bonchev–Trinajstić information content (AvgIpc) is 3.53. The van der Waals surface area contributed by atoms with E-state index in [1.54, 1.807) is 0 Å². The first-order valence-electron chi connectivity index (χ1n) is 36.7. The topological polar surface area (TPSA) is 175 Å². The molecule has 0 radical (unpaired) electrons. The van der Waals surface area contributed by atoms with E-state index in [0.717, 1.165) is 70.6 Å². The maximum absolute atomic E-state index is 13.2. The molecule has 0 aliphatic carbocycles. The number of aliphatic hydroxyl groups excluding tert-OH is 2. The second-order valence-corrected chi connectivity index (χ2v) is 25.6. The van der Waals surface area contributed by atoms with E-state index in [2.05, 4.69) is 32.9 Å². The summed E-state index contributed by atoms with van der Waals surface area (Å²) in [5.74, 6) is -3.07. The lowest BCUT2D eigenvalue weighted by atomic mass is 9.98. The molecule has 1 rings (SSSR count). The Balaban J connectivity index is 2.59. The number of hydrogen-bond acceptors (Lipinski definition) is 11. The summed E-state index contributed by atoms with van der Waals surface area (Å²) < 4.78 is 28.7. The van der Waals surface area contributed by atoms with Crippen LogP contribution in [0.25, 0.3) is 0 Å². The minimum atomic E-state index is -1.90. The Morgan fingerprint density at radius 2 is 0.671 bits per heavy atom. The van der Waals surface area contributed by atoms with E-state index in [-0.39, 0.29) is 25.9 Å². The van der Waals surface area contributed by atoms with Gasteiger partial charge in [-0.05, 0) is 44.9 Å². The standard InChI is InChI=1S/C73H136O12/c1-4-7-10-13-16-19-22-25-28-31-33-36-38-41-44-47-50-53-56-59-65(74)81-62-64(83-66(75)60-57-54-51-48-45-42-39-35-30-27-24-21-18-15-12-9-6-3)63-82-73-71(69(78)68(77)70(85-73)72(79)80)84-67(76)61-58-55-52-49-46-43-40-37-34-32-29-26-23-20-17-14-11-8-5-2/h27,30,64,68-71,73,77-78H,4-26,28-29,31-63H2,1-3H3,(H,79,80)/b30-27-. The van der Waals surface area contributed by atoms with Gasteiger partial charge >= 0.3 is 23.9 Å². The normalized spacial score (nSPS) is 17.4. The third kappa shape index (κ3) is 51.0. The second kappa shape index (κ2) is 61.7. The van der Waals surface area contributed by atoms with E-state index >= 15 is 0 Å². The summed E-state index contributed by atoms with van der Waals surface area (Å²) in [6.07, 6.45) is 60.2. The molecule has 12 heteroatoms. The van der Waals surface area contributed by atoms with Crippen molar-refractivity contribution in [3.8, 4) is 0 Å². The largest absolute Gasteiger partial charge is 0.479 e.